The van der Waals surface area contributed by atoms with E-state index in [0.29, 0.717) is 13.1 Å². The van der Waals surface area contributed by atoms with Crippen LogP contribution in [0, 0.1) is 5.92 Å². The average molecular weight is 254 g/mol. The highest BCUT2D eigenvalue weighted by molar-refractivity contribution is 5.81. The van der Waals surface area contributed by atoms with Crippen LogP contribution in [0.2, 0.25) is 0 Å². The SMILES string of the molecule is CC(C)(C)OC(=O)N1CC[C@@H]2C(=O)NCCC[C@@H]21. The molecule has 1 N–H and O–H groups in total. The third kappa shape index (κ3) is 2.76. The van der Waals surface area contributed by atoms with E-state index < -0.39 is 5.60 Å². The van der Waals surface area contributed by atoms with Crippen LogP contribution in [0.15, 0.2) is 0 Å². The lowest BCUT2D eigenvalue weighted by Crippen LogP contribution is -2.42. The number of nitrogens with one attached hydrogen (secondary N) is 1. The summed E-state index contributed by atoms with van der Waals surface area (Å²) in [7, 11) is 0. The molecule has 2 heterocycles. The maximum atomic E-state index is 12.1. The van der Waals surface area contributed by atoms with Crippen molar-refractivity contribution in [1.29, 1.82) is 0 Å². The minimum absolute atomic E-state index is 0.0161. The van der Waals surface area contributed by atoms with Gasteiger partial charge in [0.25, 0.3) is 0 Å². The minimum Gasteiger partial charge on any atom is -0.444 e. The van der Waals surface area contributed by atoms with E-state index in [2.05, 4.69) is 5.32 Å². The Balaban J connectivity index is 2.06. The maximum Gasteiger partial charge on any atom is 0.410 e. The summed E-state index contributed by atoms with van der Waals surface area (Å²) < 4.78 is 5.40. The largest absolute Gasteiger partial charge is 0.444 e. The lowest BCUT2D eigenvalue weighted by molar-refractivity contribution is -0.125. The fourth-order valence-corrected chi connectivity index (χ4v) is 2.72. The van der Waals surface area contributed by atoms with Gasteiger partial charge in [-0.3, -0.25) is 4.79 Å². The molecule has 2 aliphatic rings. The van der Waals surface area contributed by atoms with Crippen LogP contribution in [0.1, 0.15) is 40.0 Å². The zero-order chi connectivity index (χ0) is 13.3. The van der Waals surface area contributed by atoms with E-state index in [-0.39, 0.29) is 24.0 Å². The first-order valence-electron chi connectivity index (χ1n) is 6.66. The van der Waals surface area contributed by atoms with Crippen LogP contribution in [0.25, 0.3) is 0 Å². The van der Waals surface area contributed by atoms with Gasteiger partial charge in [0.1, 0.15) is 5.60 Å². The van der Waals surface area contributed by atoms with Crippen LogP contribution < -0.4 is 5.32 Å². The van der Waals surface area contributed by atoms with E-state index in [9.17, 15) is 9.59 Å². The normalized spacial score (nSPS) is 28.4. The Morgan fingerprint density at radius 1 is 1.39 bits per heavy atom. The van der Waals surface area contributed by atoms with Crippen LogP contribution in [-0.2, 0) is 9.53 Å². The van der Waals surface area contributed by atoms with E-state index in [1.165, 1.54) is 0 Å². The van der Waals surface area contributed by atoms with Crippen LogP contribution in [0.4, 0.5) is 4.79 Å². The van der Waals surface area contributed by atoms with E-state index in [1.807, 2.05) is 20.8 Å². The number of carbonyl (C=O) groups excluding carboxylic acids is 2. The Hall–Kier alpha value is -1.26. The number of nitrogens with zero attached hydrogens (tertiary/aromatic N) is 1. The zero-order valence-corrected chi connectivity index (χ0v) is 11.4. The molecule has 2 amide bonds. The average Bonchev–Trinajstić information content (AvgIpc) is 2.57. The highest BCUT2D eigenvalue weighted by atomic mass is 16.6. The van der Waals surface area contributed by atoms with Crippen molar-refractivity contribution >= 4 is 12.0 Å². The smallest absolute Gasteiger partial charge is 0.410 e. The Bertz CT molecular complexity index is 349. The molecule has 2 saturated heterocycles. The molecule has 0 radical (unpaired) electrons. The van der Waals surface area contributed by atoms with Gasteiger partial charge < -0.3 is 15.0 Å². The van der Waals surface area contributed by atoms with Crippen LogP contribution in [-0.4, -0.2) is 41.6 Å². The molecule has 2 atom stereocenters. The fraction of sp³-hybridized carbons (Fsp3) is 0.846. The molecular formula is C13H22N2O3. The summed E-state index contributed by atoms with van der Waals surface area (Å²) in [6, 6.07) is 0.0161. The Labute approximate surface area is 108 Å². The molecular weight excluding hydrogens is 232 g/mol. The zero-order valence-electron chi connectivity index (χ0n) is 11.4. The highest BCUT2D eigenvalue weighted by Crippen LogP contribution is 2.30. The summed E-state index contributed by atoms with van der Waals surface area (Å²) >= 11 is 0. The molecule has 0 aliphatic carbocycles. The van der Waals surface area contributed by atoms with Crippen molar-refractivity contribution < 1.29 is 14.3 Å². The standard InChI is InChI=1S/C13H22N2O3/c1-13(2,3)18-12(17)15-8-6-9-10(15)5-4-7-14-11(9)16/h9-10H,4-8H2,1-3H3,(H,14,16)/t9-,10-/m0/s1. The lowest BCUT2D eigenvalue weighted by atomic mass is 9.97. The minimum atomic E-state index is -0.484. The van der Waals surface area contributed by atoms with Gasteiger partial charge in [-0.05, 0) is 40.0 Å². The molecule has 2 fully saturated rings. The molecule has 102 valence electrons. The highest BCUT2D eigenvalue weighted by Gasteiger charge is 2.43. The third-order valence-corrected chi connectivity index (χ3v) is 3.49. The van der Waals surface area contributed by atoms with Crippen molar-refractivity contribution in [2.24, 2.45) is 5.92 Å². The van der Waals surface area contributed by atoms with Gasteiger partial charge >= 0.3 is 6.09 Å². The molecule has 0 bridgehead atoms. The number of hydrogen-bond donors (Lipinski definition) is 1. The van der Waals surface area contributed by atoms with Crippen molar-refractivity contribution in [3.05, 3.63) is 0 Å². The monoisotopic (exact) mass is 254 g/mol. The summed E-state index contributed by atoms with van der Waals surface area (Å²) in [5.41, 5.74) is -0.484. The van der Waals surface area contributed by atoms with Crippen molar-refractivity contribution in [2.45, 2.75) is 51.7 Å². The van der Waals surface area contributed by atoms with Crippen LogP contribution >= 0.6 is 0 Å². The summed E-state index contributed by atoms with van der Waals surface area (Å²) in [4.78, 5) is 25.7. The predicted octanol–water partition coefficient (Wildman–Crippen LogP) is 1.52. The number of rotatable bonds is 0. The number of ether oxygens (including phenoxy) is 1. The number of carbonyl (C=O) groups is 2. The van der Waals surface area contributed by atoms with Gasteiger partial charge in [0.15, 0.2) is 0 Å². The molecule has 18 heavy (non-hydrogen) atoms. The van der Waals surface area contributed by atoms with Gasteiger partial charge in [0.2, 0.25) is 5.91 Å². The summed E-state index contributed by atoms with van der Waals surface area (Å²) in [6.45, 7) is 6.92. The van der Waals surface area contributed by atoms with Gasteiger partial charge in [-0.1, -0.05) is 0 Å². The molecule has 2 aliphatic heterocycles. The summed E-state index contributed by atoms with van der Waals surface area (Å²) in [5, 5.41) is 2.91. The van der Waals surface area contributed by atoms with E-state index >= 15 is 0 Å². The van der Waals surface area contributed by atoms with Gasteiger partial charge in [0.05, 0.1) is 5.92 Å². The van der Waals surface area contributed by atoms with Crippen LogP contribution in [0.3, 0.4) is 0 Å². The molecule has 5 heteroatoms. The second kappa shape index (κ2) is 4.78. The van der Waals surface area contributed by atoms with E-state index in [4.69, 9.17) is 4.74 Å². The summed E-state index contributed by atoms with van der Waals surface area (Å²) in [5.74, 6) is 0.0311. The molecule has 2 rings (SSSR count). The number of hydrogen-bond acceptors (Lipinski definition) is 3. The van der Waals surface area contributed by atoms with Gasteiger partial charge in [0, 0.05) is 19.1 Å². The summed E-state index contributed by atoms with van der Waals surface area (Å²) in [6.07, 6.45) is 2.26. The maximum absolute atomic E-state index is 12.1. The van der Waals surface area contributed by atoms with Crippen LogP contribution in [0.5, 0.6) is 0 Å². The lowest BCUT2D eigenvalue weighted by Gasteiger charge is -2.29. The molecule has 0 aromatic rings. The molecule has 5 nitrogen and oxygen atoms in total. The molecule has 0 unspecified atom stereocenters. The molecule has 0 saturated carbocycles. The second-order valence-electron chi connectivity index (χ2n) is 6.07. The van der Waals surface area contributed by atoms with Crippen molar-refractivity contribution in [3.8, 4) is 0 Å². The predicted molar refractivity (Wildman–Crippen MR) is 67.1 cm³/mol. The third-order valence-electron chi connectivity index (χ3n) is 3.49. The van der Waals surface area contributed by atoms with Gasteiger partial charge in [-0.25, -0.2) is 4.79 Å². The number of amides is 2. The van der Waals surface area contributed by atoms with Crippen molar-refractivity contribution in [2.75, 3.05) is 13.1 Å². The van der Waals surface area contributed by atoms with E-state index in [1.54, 1.807) is 4.90 Å². The fourth-order valence-electron chi connectivity index (χ4n) is 2.72. The van der Waals surface area contributed by atoms with Crippen molar-refractivity contribution in [1.82, 2.24) is 10.2 Å². The quantitative estimate of drug-likeness (QED) is 0.713. The Morgan fingerprint density at radius 3 is 2.78 bits per heavy atom. The second-order valence-corrected chi connectivity index (χ2v) is 6.07. The van der Waals surface area contributed by atoms with Crippen molar-refractivity contribution in [3.63, 3.8) is 0 Å². The number of fused-ring (bicyclic) bond motifs is 1. The first-order chi connectivity index (χ1) is 8.38. The van der Waals surface area contributed by atoms with Gasteiger partial charge in [-0.2, -0.15) is 0 Å². The van der Waals surface area contributed by atoms with Gasteiger partial charge in [-0.15, -0.1) is 0 Å². The topological polar surface area (TPSA) is 58.6 Å². The van der Waals surface area contributed by atoms with E-state index in [0.717, 1.165) is 19.3 Å². The first kappa shape index (κ1) is 13.2. The molecule has 0 aromatic heterocycles. The molecule has 0 aromatic carbocycles. The molecule has 0 spiro atoms. The number of likely N-dealkylation sites (tertiary alicyclic amines) is 1. The first-order valence-corrected chi connectivity index (χ1v) is 6.66. The Morgan fingerprint density at radius 2 is 2.11 bits per heavy atom. The Kier molecular flexibility index (Phi) is 3.50.